The van der Waals surface area contributed by atoms with Crippen LogP contribution >= 0.6 is 0 Å². The lowest BCUT2D eigenvalue weighted by atomic mass is 10.1. The Labute approximate surface area is 150 Å². The molecule has 0 fully saturated rings. The number of hydrogen-bond donors (Lipinski definition) is 1. The Kier molecular flexibility index (Phi) is 9.55. The summed E-state index contributed by atoms with van der Waals surface area (Å²) in [6, 6.07) is 4.95. The first-order chi connectivity index (χ1) is 12.4. The molecule has 0 saturated heterocycles. The van der Waals surface area contributed by atoms with Crippen molar-refractivity contribution in [1.29, 1.82) is 0 Å². The van der Waals surface area contributed by atoms with Crippen LogP contribution in [0.25, 0.3) is 0 Å². The molecule has 1 aromatic carbocycles. The van der Waals surface area contributed by atoms with Crippen molar-refractivity contribution in [2.45, 2.75) is 38.5 Å². The van der Waals surface area contributed by atoms with Gasteiger partial charge in [-0.05, 0) is 18.9 Å². The number of non-ortho nitro benzene ring substituents is 1. The first kappa shape index (κ1) is 21.2. The number of rotatable bonds is 11. The molecular weight excluding hydrogens is 346 g/mol. The quantitative estimate of drug-likeness (QED) is 0.207. The molecule has 0 radical (unpaired) electrons. The van der Waals surface area contributed by atoms with E-state index in [-0.39, 0.29) is 43.3 Å². The molecule has 0 spiro atoms. The Morgan fingerprint density at radius 2 is 1.69 bits per heavy atom. The number of hydrogen-bond acceptors (Lipinski definition) is 8. The zero-order chi connectivity index (χ0) is 19.4. The van der Waals surface area contributed by atoms with Crippen molar-refractivity contribution in [1.82, 2.24) is 0 Å². The summed E-state index contributed by atoms with van der Waals surface area (Å²) in [5.41, 5.74) is -0.321. The summed E-state index contributed by atoms with van der Waals surface area (Å²) in [7, 11) is 0. The van der Waals surface area contributed by atoms with Gasteiger partial charge in [0.05, 0.1) is 17.1 Å². The molecule has 0 heterocycles. The van der Waals surface area contributed by atoms with Crippen molar-refractivity contribution in [3.8, 4) is 0 Å². The molecule has 0 bridgehead atoms. The SMILES string of the molecule is O=C(CCCCCCC(=O)OC(=O)c1cccc([N+](=O)[O-])c1)OCCO. The lowest BCUT2D eigenvalue weighted by Crippen LogP contribution is -2.12. The summed E-state index contributed by atoms with van der Waals surface area (Å²) in [4.78, 5) is 44.6. The Morgan fingerprint density at radius 3 is 2.31 bits per heavy atom. The molecule has 1 rings (SSSR count). The third-order valence-corrected chi connectivity index (χ3v) is 3.37. The minimum absolute atomic E-state index is 0.0106. The van der Waals surface area contributed by atoms with Crippen LogP contribution < -0.4 is 0 Å². The molecule has 0 amide bonds. The topological polar surface area (TPSA) is 133 Å². The van der Waals surface area contributed by atoms with E-state index in [0.717, 1.165) is 6.07 Å². The van der Waals surface area contributed by atoms with Gasteiger partial charge in [-0.15, -0.1) is 0 Å². The molecule has 9 nitrogen and oxygen atoms in total. The first-order valence-electron chi connectivity index (χ1n) is 8.20. The van der Waals surface area contributed by atoms with Crippen LogP contribution in [0.1, 0.15) is 48.9 Å². The van der Waals surface area contributed by atoms with Crippen molar-refractivity contribution >= 4 is 23.6 Å². The van der Waals surface area contributed by atoms with E-state index in [1.165, 1.54) is 18.2 Å². The highest BCUT2D eigenvalue weighted by Crippen LogP contribution is 2.14. The zero-order valence-corrected chi connectivity index (χ0v) is 14.2. The van der Waals surface area contributed by atoms with Crippen LogP contribution in [-0.4, -0.2) is 41.2 Å². The van der Waals surface area contributed by atoms with E-state index >= 15 is 0 Å². The van der Waals surface area contributed by atoms with Gasteiger partial charge in [-0.1, -0.05) is 18.9 Å². The van der Waals surface area contributed by atoms with E-state index in [0.29, 0.717) is 25.7 Å². The summed E-state index contributed by atoms with van der Waals surface area (Å²) >= 11 is 0. The molecule has 0 aliphatic rings. The molecule has 0 saturated carbocycles. The van der Waals surface area contributed by atoms with Crippen LogP contribution in [0.15, 0.2) is 24.3 Å². The second-order valence-corrected chi connectivity index (χ2v) is 5.43. The van der Waals surface area contributed by atoms with Crippen molar-refractivity contribution in [3.05, 3.63) is 39.9 Å². The average molecular weight is 367 g/mol. The van der Waals surface area contributed by atoms with Crippen LogP contribution in [0.3, 0.4) is 0 Å². The van der Waals surface area contributed by atoms with Gasteiger partial charge in [-0.2, -0.15) is 0 Å². The number of nitrogens with zero attached hydrogens (tertiary/aromatic N) is 1. The summed E-state index contributed by atoms with van der Waals surface area (Å²) in [6.07, 6.45) is 2.76. The molecule has 1 aromatic rings. The van der Waals surface area contributed by atoms with Gasteiger partial charge >= 0.3 is 17.9 Å². The van der Waals surface area contributed by atoms with Gasteiger partial charge in [-0.3, -0.25) is 19.7 Å². The molecule has 0 aliphatic heterocycles. The third-order valence-electron chi connectivity index (χ3n) is 3.37. The predicted molar refractivity (Wildman–Crippen MR) is 89.3 cm³/mol. The highest BCUT2D eigenvalue weighted by atomic mass is 16.6. The van der Waals surface area contributed by atoms with Crippen LogP contribution in [-0.2, 0) is 19.1 Å². The number of carbonyl (C=O) groups is 3. The Bertz CT molecular complexity index is 643. The Morgan fingerprint density at radius 1 is 1.04 bits per heavy atom. The maximum absolute atomic E-state index is 11.8. The van der Waals surface area contributed by atoms with Crippen LogP contribution in [0.5, 0.6) is 0 Å². The van der Waals surface area contributed by atoms with Crippen LogP contribution in [0, 0.1) is 10.1 Å². The molecule has 142 valence electrons. The van der Waals surface area contributed by atoms with Gasteiger partial charge < -0.3 is 14.6 Å². The fourth-order valence-electron chi connectivity index (χ4n) is 2.08. The highest BCUT2D eigenvalue weighted by molar-refractivity contribution is 5.97. The number of ether oxygens (including phenoxy) is 2. The number of nitro groups is 1. The molecule has 26 heavy (non-hydrogen) atoms. The second-order valence-electron chi connectivity index (χ2n) is 5.43. The lowest BCUT2D eigenvalue weighted by molar-refractivity contribution is -0.384. The fraction of sp³-hybridized carbons (Fsp3) is 0.471. The zero-order valence-electron chi connectivity index (χ0n) is 14.2. The minimum Gasteiger partial charge on any atom is -0.463 e. The maximum Gasteiger partial charge on any atom is 0.346 e. The Balaban J connectivity index is 2.22. The first-order valence-corrected chi connectivity index (χ1v) is 8.20. The van der Waals surface area contributed by atoms with Gasteiger partial charge in [0, 0.05) is 25.0 Å². The van der Waals surface area contributed by atoms with Crippen molar-refractivity contribution in [3.63, 3.8) is 0 Å². The molecule has 0 unspecified atom stereocenters. The lowest BCUT2D eigenvalue weighted by Gasteiger charge is -2.04. The summed E-state index contributed by atoms with van der Waals surface area (Å²) in [6.45, 7) is -0.216. The summed E-state index contributed by atoms with van der Waals surface area (Å²) in [5, 5.41) is 19.2. The van der Waals surface area contributed by atoms with Gasteiger partial charge in [0.15, 0.2) is 0 Å². The fourth-order valence-corrected chi connectivity index (χ4v) is 2.08. The molecule has 0 aromatic heterocycles. The number of esters is 3. The maximum atomic E-state index is 11.8. The number of aliphatic hydroxyl groups excluding tert-OH is 1. The van der Waals surface area contributed by atoms with Crippen LogP contribution in [0.4, 0.5) is 5.69 Å². The molecular formula is C17H21NO8. The second kappa shape index (κ2) is 11.7. The third kappa shape index (κ3) is 8.34. The number of benzene rings is 1. The molecule has 0 aliphatic carbocycles. The number of unbranched alkanes of at least 4 members (excludes halogenated alkanes) is 3. The van der Waals surface area contributed by atoms with E-state index in [9.17, 15) is 24.5 Å². The average Bonchev–Trinajstić information content (AvgIpc) is 2.62. The minimum atomic E-state index is -0.926. The van der Waals surface area contributed by atoms with Crippen LogP contribution in [0.2, 0.25) is 0 Å². The standard InChI is InChI=1S/C17H21NO8/c19-10-11-25-15(20)8-3-1-2-4-9-16(21)26-17(22)13-6-5-7-14(12-13)18(23)24/h5-7,12,19H,1-4,8-11H2. The number of aliphatic hydroxyl groups is 1. The van der Waals surface area contributed by atoms with E-state index in [4.69, 9.17) is 9.84 Å². The monoisotopic (exact) mass is 367 g/mol. The Hall–Kier alpha value is -2.81. The number of carbonyl (C=O) groups excluding carboxylic acids is 3. The van der Waals surface area contributed by atoms with E-state index in [2.05, 4.69) is 4.74 Å². The summed E-state index contributed by atoms with van der Waals surface area (Å²) in [5.74, 6) is -2.00. The highest BCUT2D eigenvalue weighted by Gasteiger charge is 2.16. The summed E-state index contributed by atoms with van der Waals surface area (Å²) < 4.78 is 9.36. The normalized spacial score (nSPS) is 10.2. The van der Waals surface area contributed by atoms with Gasteiger partial charge in [0.2, 0.25) is 0 Å². The van der Waals surface area contributed by atoms with Crippen molar-refractivity contribution in [2.75, 3.05) is 13.2 Å². The smallest absolute Gasteiger partial charge is 0.346 e. The van der Waals surface area contributed by atoms with E-state index < -0.39 is 16.9 Å². The largest absolute Gasteiger partial charge is 0.463 e. The van der Waals surface area contributed by atoms with Gasteiger partial charge in [0.25, 0.3) is 5.69 Å². The molecule has 0 atom stereocenters. The van der Waals surface area contributed by atoms with Gasteiger partial charge in [-0.25, -0.2) is 4.79 Å². The number of nitro benzene ring substituents is 1. The van der Waals surface area contributed by atoms with Crippen molar-refractivity contribution < 1.29 is 33.9 Å². The van der Waals surface area contributed by atoms with Gasteiger partial charge in [0.1, 0.15) is 6.61 Å². The van der Waals surface area contributed by atoms with E-state index in [1.54, 1.807) is 0 Å². The van der Waals surface area contributed by atoms with E-state index in [1.807, 2.05) is 0 Å². The molecule has 9 heteroatoms. The predicted octanol–water partition coefficient (Wildman–Crippen LogP) is 2.15. The molecule has 1 N–H and O–H groups in total. The van der Waals surface area contributed by atoms with Crippen molar-refractivity contribution in [2.24, 2.45) is 0 Å².